The molecule has 1 heterocycles. The zero-order valence-electron chi connectivity index (χ0n) is 12.6. The molecule has 108 valence electrons. The van der Waals surface area contributed by atoms with Gasteiger partial charge in [-0.15, -0.1) is 11.3 Å². The van der Waals surface area contributed by atoms with Crippen LogP contribution in [-0.2, 0) is 0 Å². The van der Waals surface area contributed by atoms with Crippen LogP contribution in [0.2, 0.25) is 0 Å². The summed E-state index contributed by atoms with van der Waals surface area (Å²) in [6, 6.07) is 8.45. The minimum atomic E-state index is 0.191. The van der Waals surface area contributed by atoms with E-state index >= 15 is 0 Å². The molecule has 20 heavy (non-hydrogen) atoms. The molecule has 0 radical (unpaired) electrons. The van der Waals surface area contributed by atoms with Crippen molar-refractivity contribution in [1.82, 2.24) is 10.3 Å². The summed E-state index contributed by atoms with van der Waals surface area (Å²) in [7, 11) is 1.70. The minimum Gasteiger partial charge on any atom is -0.497 e. The van der Waals surface area contributed by atoms with E-state index in [9.17, 15) is 0 Å². The first-order valence-corrected chi connectivity index (χ1v) is 7.78. The Labute approximate surface area is 125 Å². The summed E-state index contributed by atoms with van der Waals surface area (Å²) in [5.74, 6) is 0.893. The maximum atomic E-state index is 5.34. The highest BCUT2D eigenvalue weighted by Gasteiger charge is 2.19. The molecular weight excluding hydrogens is 268 g/mol. The van der Waals surface area contributed by atoms with Gasteiger partial charge in [-0.3, -0.25) is 0 Å². The van der Waals surface area contributed by atoms with Crippen molar-refractivity contribution >= 4 is 11.3 Å². The lowest BCUT2D eigenvalue weighted by atomic mass is 10.0. The van der Waals surface area contributed by atoms with E-state index in [1.165, 1.54) is 10.4 Å². The monoisotopic (exact) mass is 290 g/mol. The van der Waals surface area contributed by atoms with Gasteiger partial charge < -0.3 is 10.1 Å². The van der Waals surface area contributed by atoms with E-state index in [0.717, 1.165) is 29.4 Å². The highest BCUT2D eigenvalue weighted by Crippen LogP contribution is 2.31. The van der Waals surface area contributed by atoms with Crippen molar-refractivity contribution in [2.24, 2.45) is 0 Å². The Morgan fingerprint density at radius 1 is 1.35 bits per heavy atom. The molecule has 2 aromatic rings. The number of nitrogens with zero attached hydrogens (tertiary/aromatic N) is 1. The van der Waals surface area contributed by atoms with Gasteiger partial charge in [-0.2, -0.15) is 0 Å². The standard InChI is InChI=1S/C16H22N2OS/c1-5-9-17-15(16-11(2)18-12(3)20-16)13-7-6-8-14(10-13)19-4/h6-8,10,15,17H,5,9H2,1-4H3. The van der Waals surface area contributed by atoms with Crippen LogP contribution in [0.5, 0.6) is 5.75 Å². The van der Waals surface area contributed by atoms with E-state index < -0.39 is 0 Å². The molecule has 0 bridgehead atoms. The summed E-state index contributed by atoms with van der Waals surface area (Å²) >= 11 is 1.77. The lowest BCUT2D eigenvalue weighted by molar-refractivity contribution is 0.413. The van der Waals surface area contributed by atoms with Crippen LogP contribution in [-0.4, -0.2) is 18.6 Å². The number of aryl methyl sites for hydroxylation is 2. The fourth-order valence-corrected chi connectivity index (χ4v) is 3.32. The molecule has 1 aromatic heterocycles. The van der Waals surface area contributed by atoms with Gasteiger partial charge >= 0.3 is 0 Å². The fraction of sp³-hybridized carbons (Fsp3) is 0.438. The molecule has 0 spiro atoms. The molecule has 1 atom stereocenters. The third kappa shape index (κ3) is 3.38. The van der Waals surface area contributed by atoms with Gasteiger partial charge in [0.15, 0.2) is 0 Å². The first-order chi connectivity index (χ1) is 9.65. The average molecular weight is 290 g/mol. The maximum Gasteiger partial charge on any atom is 0.119 e. The molecule has 0 saturated carbocycles. The first-order valence-electron chi connectivity index (χ1n) is 6.97. The van der Waals surface area contributed by atoms with Gasteiger partial charge in [0, 0.05) is 4.88 Å². The summed E-state index contributed by atoms with van der Waals surface area (Å²) < 4.78 is 5.34. The Kier molecular flexibility index (Phi) is 5.15. The fourth-order valence-electron chi connectivity index (χ4n) is 2.29. The third-order valence-corrected chi connectivity index (χ3v) is 4.36. The highest BCUT2D eigenvalue weighted by atomic mass is 32.1. The molecule has 3 nitrogen and oxygen atoms in total. The Morgan fingerprint density at radius 3 is 2.75 bits per heavy atom. The highest BCUT2D eigenvalue weighted by molar-refractivity contribution is 7.11. The van der Waals surface area contributed by atoms with Crippen molar-refractivity contribution in [1.29, 1.82) is 0 Å². The second-order valence-electron chi connectivity index (χ2n) is 4.85. The molecule has 0 saturated heterocycles. The zero-order chi connectivity index (χ0) is 14.5. The summed E-state index contributed by atoms with van der Waals surface area (Å²) in [5, 5.41) is 4.74. The second-order valence-corrected chi connectivity index (χ2v) is 6.08. The number of hydrogen-bond donors (Lipinski definition) is 1. The van der Waals surface area contributed by atoms with Crippen molar-refractivity contribution in [2.45, 2.75) is 33.2 Å². The predicted molar refractivity (Wildman–Crippen MR) is 84.7 cm³/mol. The number of ether oxygens (including phenoxy) is 1. The van der Waals surface area contributed by atoms with Crippen LogP contribution >= 0.6 is 11.3 Å². The molecule has 0 fully saturated rings. The third-order valence-electron chi connectivity index (χ3n) is 3.23. The van der Waals surface area contributed by atoms with Gasteiger partial charge in [-0.25, -0.2) is 4.98 Å². The number of benzene rings is 1. The molecule has 0 aliphatic rings. The first kappa shape index (κ1) is 15.0. The summed E-state index contributed by atoms with van der Waals surface area (Å²) in [6.45, 7) is 7.31. The number of rotatable bonds is 6. The van der Waals surface area contributed by atoms with Crippen molar-refractivity contribution in [3.8, 4) is 5.75 Å². The zero-order valence-corrected chi connectivity index (χ0v) is 13.4. The Balaban J connectivity index is 2.38. The number of thiazole rings is 1. The molecule has 0 amide bonds. The normalized spacial score (nSPS) is 12.4. The quantitative estimate of drug-likeness (QED) is 0.877. The number of aromatic nitrogens is 1. The van der Waals surface area contributed by atoms with Crippen molar-refractivity contribution < 1.29 is 4.74 Å². The lowest BCUT2D eigenvalue weighted by Crippen LogP contribution is -2.23. The molecule has 2 rings (SSSR count). The van der Waals surface area contributed by atoms with Gasteiger partial charge in [0.1, 0.15) is 5.75 Å². The molecule has 1 aromatic carbocycles. The van der Waals surface area contributed by atoms with Crippen molar-refractivity contribution in [3.05, 3.63) is 45.4 Å². The van der Waals surface area contributed by atoms with Gasteiger partial charge in [-0.1, -0.05) is 19.1 Å². The number of hydrogen-bond acceptors (Lipinski definition) is 4. The Bertz CT molecular complexity index is 565. The van der Waals surface area contributed by atoms with Gasteiger partial charge in [0.05, 0.1) is 23.9 Å². The van der Waals surface area contributed by atoms with Crippen LogP contribution in [0, 0.1) is 13.8 Å². The topological polar surface area (TPSA) is 34.1 Å². The van der Waals surface area contributed by atoms with E-state index in [0.29, 0.717) is 0 Å². The SMILES string of the molecule is CCCNC(c1cccc(OC)c1)c1sc(C)nc1C. The molecular formula is C16H22N2OS. The smallest absolute Gasteiger partial charge is 0.119 e. The minimum absolute atomic E-state index is 0.191. The van der Waals surface area contributed by atoms with Crippen LogP contribution in [0.15, 0.2) is 24.3 Å². The molecule has 0 aliphatic carbocycles. The maximum absolute atomic E-state index is 5.34. The summed E-state index contributed by atoms with van der Waals surface area (Å²) in [4.78, 5) is 5.85. The van der Waals surface area contributed by atoms with Gasteiger partial charge in [0.2, 0.25) is 0 Å². The van der Waals surface area contributed by atoms with Crippen LogP contribution in [0.1, 0.15) is 40.5 Å². The lowest BCUT2D eigenvalue weighted by Gasteiger charge is -2.19. The van der Waals surface area contributed by atoms with Crippen LogP contribution in [0.25, 0.3) is 0 Å². The molecule has 1 unspecified atom stereocenters. The van der Waals surface area contributed by atoms with Gasteiger partial charge in [-0.05, 0) is 44.5 Å². The Hall–Kier alpha value is -1.39. The predicted octanol–water partition coefficient (Wildman–Crippen LogP) is 3.86. The van der Waals surface area contributed by atoms with E-state index in [4.69, 9.17) is 4.74 Å². The largest absolute Gasteiger partial charge is 0.497 e. The van der Waals surface area contributed by atoms with E-state index in [1.807, 2.05) is 12.1 Å². The van der Waals surface area contributed by atoms with Crippen LogP contribution in [0.3, 0.4) is 0 Å². The van der Waals surface area contributed by atoms with E-state index in [1.54, 1.807) is 18.4 Å². The van der Waals surface area contributed by atoms with Crippen LogP contribution < -0.4 is 10.1 Å². The average Bonchev–Trinajstić information content (AvgIpc) is 2.78. The molecule has 1 N–H and O–H groups in total. The number of nitrogens with one attached hydrogen (secondary N) is 1. The second kappa shape index (κ2) is 6.86. The summed E-state index contributed by atoms with van der Waals surface area (Å²) in [5.41, 5.74) is 2.34. The van der Waals surface area contributed by atoms with Crippen LogP contribution in [0.4, 0.5) is 0 Å². The van der Waals surface area contributed by atoms with Crippen molar-refractivity contribution in [3.63, 3.8) is 0 Å². The Morgan fingerprint density at radius 2 is 2.15 bits per heavy atom. The van der Waals surface area contributed by atoms with E-state index in [2.05, 4.69) is 43.2 Å². The summed E-state index contributed by atoms with van der Waals surface area (Å²) in [6.07, 6.45) is 1.11. The number of methoxy groups -OCH3 is 1. The van der Waals surface area contributed by atoms with E-state index in [-0.39, 0.29) is 6.04 Å². The molecule has 4 heteroatoms. The molecule has 0 aliphatic heterocycles. The van der Waals surface area contributed by atoms with Crippen molar-refractivity contribution in [2.75, 3.05) is 13.7 Å². The van der Waals surface area contributed by atoms with Gasteiger partial charge in [0.25, 0.3) is 0 Å².